The van der Waals surface area contributed by atoms with Crippen LogP contribution in [-0.4, -0.2) is 32.2 Å². The number of hydrogen-bond acceptors (Lipinski definition) is 4. The lowest BCUT2D eigenvalue weighted by molar-refractivity contribution is -0.143. The summed E-state index contributed by atoms with van der Waals surface area (Å²) in [5.74, 6) is -0.0275. The van der Waals surface area contributed by atoms with Crippen LogP contribution in [0.4, 0.5) is 0 Å². The zero-order chi connectivity index (χ0) is 17.0. The van der Waals surface area contributed by atoms with Crippen LogP contribution >= 0.6 is 0 Å². The molecule has 3 N–H and O–H groups in total. The van der Waals surface area contributed by atoms with E-state index in [-0.39, 0.29) is 5.97 Å². The maximum atomic E-state index is 11.6. The molecule has 0 radical (unpaired) electrons. The Morgan fingerprint density at radius 2 is 1.43 bits per heavy atom. The van der Waals surface area contributed by atoms with Crippen LogP contribution < -0.4 is 11.1 Å². The van der Waals surface area contributed by atoms with Gasteiger partial charge < -0.3 is 15.8 Å². The molecular formula is C19H40N2O2. The van der Waals surface area contributed by atoms with Crippen molar-refractivity contribution in [3.63, 3.8) is 0 Å². The van der Waals surface area contributed by atoms with Crippen LogP contribution in [-0.2, 0) is 9.53 Å². The van der Waals surface area contributed by atoms with E-state index in [4.69, 9.17) is 10.5 Å². The number of carbonyl (C=O) groups is 1. The Labute approximate surface area is 143 Å². The Hall–Kier alpha value is -0.610. The van der Waals surface area contributed by atoms with E-state index < -0.39 is 0 Å². The first-order valence-electron chi connectivity index (χ1n) is 9.87. The molecule has 0 bridgehead atoms. The van der Waals surface area contributed by atoms with Crippen molar-refractivity contribution in [2.75, 3.05) is 26.2 Å². The van der Waals surface area contributed by atoms with Gasteiger partial charge in [0.05, 0.1) is 6.61 Å². The van der Waals surface area contributed by atoms with Crippen molar-refractivity contribution >= 4 is 5.97 Å². The van der Waals surface area contributed by atoms with Gasteiger partial charge in [-0.1, -0.05) is 51.9 Å². The zero-order valence-electron chi connectivity index (χ0n) is 15.4. The first-order valence-corrected chi connectivity index (χ1v) is 9.87. The largest absolute Gasteiger partial charge is 0.466 e. The Morgan fingerprint density at radius 3 is 2.17 bits per heavy atom. The standard InChI is InChI=1S/C19H40N2O2/c1-2-3-4-5-8-13-18-23-19(22)14-9-12-17-21-16-11-7-6-10-15-20/h21H,2-18,20H2,1H3. The summed E-state index contributed by atoms with van der Waals surface area (Å²) in [4.78, 5) is 11.6. The second-order valence-electron chi connectivity index (χ2n) is 6.40. The predicted molar refractivity (Wildman–Crippen MR) is 98.6 cm³/mol. The summed E-state index contributed by atoms with van der Waals surface area (Å²) in [6, 6.07) is 0. The van der Waals surface area contributed by atoms with Gasteiger partial charge in [-0.15, -0.1) is 0 Å². The Morgan fingerprint density at radius 1 is 0.826 bits per heavy atom. The van der Waals surface area contributed by atoms with Crippen LogP contribution in [0.3, 0.4) is 0 Å². The second kappa shape index (κ2) is 19.4. The number of nitrogens with two attached hydrogens (primary N) is 1. The molecule has 0 aliphatic rings. The molecule has 0 amide bonds. The minimum Gasteiger partial charge on any atom is -0.466 e. The van der Waals surface area contributed by atoms with Gasteiger partial charge in [-0.2, -0.15) is 0 Å². The first kappa shape index (κ1) is 22.4. The molecule has 0 aromatic heterocycles. The monoisotopic (exact) mass is 328 g/mol. The highest BCUT2D eigenvalue weighted by Gasteiger charge is 2.02. The third-order valence-electron chi connectivity index (χ3n) is 4.05. The predicted octanol–water partition coefficient (Wildman–Crippen LogP) is 4.17. The van der Waals surface area contributed by atoms with Gasteiger partial charge in [-0.3, -0.25) is 4.79 Å². The van der Waals surface area contributed by atoms with Crippen molar-refractivity contribution in [3.8, 4) is 0 Å². The second-order valence-corrected chi connectivity index (χ2v) is 6.40. The molecular weight excluding hydrogens is 288 g/mol. The van der Waals surface area contributed by atoms with Crippen molar-refractivity contribution in [2.45, 2.75) is 90.4 Å². The van der Waals surface area contributed by atoms with Gasteiger partial charge in [0.1, 0.15) is 0 Å². The fourth-order valence-electron chi connectivity index (χ4n) is 2.53. The summed E-state index contributed by atoms with van der Waals surface area (Å²) in [5.41, 5.74) is 5.46. The average Bonchev–Trinajstić information content (AvgIpc) is 2.55. The van der Waals surface area contributed by atoms with Crippen molar-refractivity contribution < 1.29 is 9.53 Å². The lowest BCUT2D eigenvalue weighted by atomic mass is 10.1. The lowest BCUT2D eigenvalue weighted by Gasteiger charge is -2.06. The van der Waals surface area contributed by atoms with Gasteiger partial charge in [0.15, 0.2) is 0 Å². The smallest absolute Gasteiger partial charge is 0.305 e. The van der Waals surface area contributed by atoms with Gasteiger partial charge in [-0.25, -0.2) is 0 Å². The fraction of sp³-hybridized carbons (Fsp3) is 0.947. The molecule has 0 aliphatic heterocycles. The topological polar surface area (TPSA) is 64.3 Å². The average molecular weight is 329 g/mol. The lowest BCUT2D eigenvalue weighted by Crippen LogP contribution is -2.17. The van der Waals surface area contributed by atoms with E-state index in [2.05, 4.69) is 12.2 Å². The summed E-state index contributed by atoms with van der Waals surface area (Å²) in [5, 5.41) is 3.43. The maximum Gasteiger partial charge on any atom is 0.305 e. The molecule has 0 fully saturated rings. The van der Waals surface area contributed by atoms with Gasteiger partial charge in [0, 0.05) is 6.42 Å². The number of rotatable bonds is 18. The number of esters is 1. The third-order valence-corrected chi connectivity index (χ3v) is 4.05. The molecule has 0 aromatic carbocycles. The molecule has 4 nitrogen and oxygen atoms in total. The van der Waals surface area contributed by atoms with Gasteiger partial charge in [0.2, 0.25) is 0 Å². The van der Waals surface area contributed by atoms with E-state index in [1.807, 2.05) is 0 Å². The molecule has 0 heterocycles. The van der Waals surface area contributed by atoms with E-state index in [1.165, 1.54) is 51.4 Å². The molecule has 0 saturated heterocycles. The van der Waals surface area contributed by atoms with Crippen molar-refractivity contribution in [1.29, 1.82) is 0 Å². The highest BCUT2D eigenvalue weighted by molar-refractivity contribution is 5.69. The van der Waals surface area contributed by atoms with Crippen LogP contribution in [0, 0.1) is 0 Å². The zero-order valence-corrected chi connectivity index (χ0v) is 15.4. The number of ether oxygens (including phenoxy) is 1. The number of hydrogen-bond donors (Lipinski definition) is 2. The van der Waals surface area contributed by atoms with Gasteiger partial charge in [-0.05, 0) is 51.7 Å². The quantitative estimate of drug-likeness (QED) is 0.293. The van der Waals surface area contributed by atoms with Crippen LogP contribution in [0.2, 0.25) is 0 Å². The molecule has 138 valence electrons. The van der Waals surface area contributed by atoms with E-state index in [9.17, 15) is 4.79 Å². The normalized spacial score (nSPS) is 10.9. The van der Waals surface area contributed by atoms with Crippen LogP contribution in [0.5, 0.6) is 0 Å². The molecule has 0 unspecified atom stereocenters. The summed E-state index contributed by atoms with van der Waals surface area (Å²) in [6.45, 7) is 5.71. The summed E-state index contributed by atoms with van der Waals surface area (Å²) < 4.78 is 5.26. The maximum absolute atomic E-state index is 11.6. The van der Waals surface area contributed by atoms with E-state index in [0.717, 1.165) is 45.3 Å². The molecule has 23 heavy (non-hydrogen) atoms. The summed E-state index contributed by atoms with van der Waals surface area (Å²) in [7, 11) is 0. The summed E-state index contributed by atoms with van der Waals surface area (Å²) in [6.07, 6.45) is 14.8. The van der Waals surface area contributed by atoms with Gasteiger partial charge in [0.25, 0.3) is 0 Å². The number of carbonyl (C=O) groups excluding carboxylic acids is 1. The molecule has 4 heteroatoms. The first-order chi connectivity index (χ1) is 11.3. The summed E-state index contributed by atoms with van der Waals surface area (Å²) >= 11 is 0. The highest BCUT2D eigenvalue weighted by atomic mass is 16.5. The number of nitrogens with one attached hydrogen (secondary N) is 1. The van der Waals surface area contributed by atoms with Crippen LogP contribution in [0.15, 0.2) is 0 Å². The minimum atomic E-state index is -0.0275. The third kappa shape index (κ3) is 19.3. The Bertz CT molecular complexity index is 248. The van der Waals surface area contributed by atoms with Crippen molar-refractivity contribution in [2.24, 2.45) is 5.73 Å². The molecule has 0 aliphatic carbocycles. The van der Waals surface area contributed by atoms with Gasteiger partial charge >= 0.3 is 5.97 Å². The van der Waals surface area contributed by atoms with Crippen molar-refractivity contribution in [1.82, 2.24) is 5.32 Å². The molecule has 0 saturated carbocycles. The molecule has 0 spiro atoms. The van der Waals surface area contributed by atoms with Crippen molar-refractivity contribution in [3.05, 3.63) is 0 Å². The van der Waals surface area contributed by atoms with E-state index in [1.54, 1.807) is 0 Å². The Balaban J connectivity index is 3.13. The molecule has 0 aromatic rings. The van der Waals surface area contributed by atoms with Crippen LogP contribution in [0.25, 0.3) is 0 Å². The molecule has 0 rings (SSSR count). The Kier molecular flexibility index (Phi) is 18.9. The minimum absolute atomic E-state index is 0.0275. The van der Waals surface area contributed by atoms with Crippen LogP contribution in [0.1, 0.15) is 90.4 Å². The van der Waals surface area contributed by atoms with E-state index in [0.29, 0.717) is 13.0 Å². The highest BCUT2D eigenvalue weighted by Crippen LogP contribution is 2.05. The SMILES string of the molecule is CCCCCCCCOC(=O)CCCCNCCCCCCN. The van der Waals surface area contributed by atoms with E-state index >= 15 is 0 Å². The molecule has 0 atom stereocenters. The fourth-order valence-corrected chi connectivity index (χ4v) is 2.53. The number of unbranched alkanes of at least 4 members (excludes halogenated alkanes) is 9.